The van der Waals surface area contributed by atoms with Crippen molar-refractivity contribution in [1.29, 1.82) is 0 Å². The van der Waals surface area contributed by atoms with E-state index < -0.39 is 0 Å². The van der Waals surface area contributed by atoms with Gasteiger partial charge in [-0.2, -0.15) is 0 Å². The molecule has 0 bridgehead atoms. The second-order valence-electron chi connectivity index (χ2n) is 6.03. The molecule has 6 nitrogen and oxygen atoms in total. The van der Waals surface area contributed by atoms with Gasteiger partial charge in [-0.25, -0.2) is 0 Å². The Labute approximate surface area is 167 Å². The monoisotopic (exact) mass is 407 g/mol. The van der Waals surface area contributed by atoms with Gasteiger partial charge in [0.25, 0.3) is 0 Å². The Hall–Kier alpha value is -2.41. The van der Waals surface area contributed by atoms with Crippen molar-refractivity contribution in [1.82, 2.24) is 4.90 Å². The highest BCUT2D eigenvalue weighted by molar-refractivity contribution is 6.42. The van der Waals surface area contributed by atoms with Gasteiger partial charge in [-0.05, 0) is 44.3 Å². The summed E-state index contributed by atoms with van der Waals surface area (Å²) in [5.74, 6) is -0.662. The molecule has 0 heterocycles. The fourth-order valence-electron chi connectivity index (χ4n) is 2.34. The van der Waals surface area contributed by atoms with Crippen LogP contribution in [0.5, 0.6) is 0 Å². The molecule has 0 unspecified atom stereocenters. The van der Waals surface area contributed by atoms with Crippen LogP contribution < -0.4 is 10.6 Å². The predicted molar refractivity (Wildman–Crippen MR) is 108 cm³/mol. The van der Waals surface area contributed by atoms with Crippen LogP contribution in [-0.2, 0) is 9.59 Å². The van der Waals surface area contributed by atoms with E-state index in [1.54, 1.807) is 54.4 Å². The van der Waals surface area contributed by atoms with Crippen LogP contribution in [0, 0.1) is 0 Å². The molecule has 8 heteroatoms. The highest BCUT2D eigenvalue weighted by Crippen LogP contribution is 2.24. The molecule has 0 aliphatic rings. The van der Waals surface area contributed by atoms with Crippen molar-refractivity contribution >= 4 is 52.2 Å². The number of ketones is 1. The first kappa shape index (κ1) is 20.9. The summed E-state index contributed by atoms with van der Waals surface area (Å²) in [6.07, 6.45) is 0. The first-order chi connectivity index (χ1) is 12.7. The van der Waals surface area contributed by atoms with Gasteiger partial charge in [0, 0.05) is 16.9 Å². The zero-order valence-electron chi connectivity index (χ0n) is 14.9. The van der Waals surface area contributed by atoms with Gasteiger partial charge in [-0.1, -0.05) is 35.3 Å². The second kappa shape index (κ2) is 9.50. The summed E-state index contributed by atoms with van der Waals surface area (Å²) in [7, 11) is 1.65. The summed E-state index contributed by atoms with van der Waals surface area (Å²) in [6, 6.07) is 11.5. The number of benzene rings is 2. The smallest absolute Gasteiger partial charge is 0.238 e. The van der Waals surface area contributed by atoms with Crippen LogP contribution in [0.15, 0.2) is 42.5 Å². The summed E-state index contributed by atoms with van der Waals surface area (Å²) < 4.78 is 0. The highest BCUT2D eigenvalue weighted by Gasteiger charge is 2.12. The summed E-state index contributed by atoms with van der Waals surface area (Å²) >= 11 is 11.7. The molecule has 2 aromatic carbocycles. The average Bonchev–Trinajstić information content (AvgIpc) is 2.58. The lowest BCUT2D eigenvalue weighted by atomic mass is 10.1. The quantitative estimate of drug-likeness (QED) is 0.685. The van der Waals surface area contributed by atoms with Gasteiger partial charge < -0.3 is 10.6 Å². The maximum absolute atomic E-state index is 12.1. The van der Waals surface area contributed by atoms with Crippen molar-refractivity contribution in [3.63, 3.8) is 0 Å². The molecule has 0 spiro atoms. The Kier molecular flexibility index (Phi) is 7.36. The molecule has 0 atom stereocenters. The Bertz CT molecular complexity index is 871. The number of hydrogen-bond donors (Lipinski definition) is 2. The molecule has 0 radical (unpaired) electrons. The number of carbonyl (C=O) groups excluding carboxylic acids is 3. The van der Waals surface area contributed by atoms with Gasteiger partial charge in [-0.15, -0.1) is 0 Å². The summed E-state index contributed by atoms with van der Waals surface area (Å²) in [5.41, 5.74) is 1.57. The number of nitrogens with one attached hydrogen (secondary N) is 2. The topological polar surface area (TPSA) is 78.5 Å². The lowest BCUT2D eigenvalue weighted by Gasteiger charge is -2.16. The molecule has 0 aromatic heterocycles. The lowest BCUT2D eigenvalue weighted by Crippen LogP contribution is -2.36. The fraction of sp³-hybridized carbons (Fsp3) is 0.211. The number of amides is 2. The third kappa shape index (κ3) is 6.67. The van der Waals surface area contributed by atoms with Crippen LogP contribution in [0.1, 0.15) is 17.3 Å². The molecule has 0 aliphatic carbocycles. The number of halogens is 2. The minimum absolute atomic E-state index is 0.0130. The SMILES string of the molecule is CC(=O)c1cccc(NC(=O)CN(C)CC(=O)Nc2ccc(Cl)c(Cl)c2)c1. The van der Waals surface area contributed by atoms with E-state index in [1.807, 2.05) is 0 Å². The zero-order chi connectivity index (χ0) is 20.0. The van der Waals surface area contributed by atoms with Crippen LogP contribution in [0.3, 0.4) is 0 Å². The molecule has 0 aliphatic heterocycles. The molecule has 2 N–H and O–H groups in total. The van der Waals surface area contributed by atoms with Crippen molar-refractivity contribution < 1.29 is 14.4 Å². The third-order valence-electron chi connectivity index (χ3n) is 3.58. The van der Waals surface area contributed by atoms with Gasteiger partial charge in [0.1, 0.15) is 0 Å². The molecule has 142 valence electrons. The van der Waals surface area contributed by atoms with E-state index in [0.717, 1.165) is 0 Å². The van der Waals surface area contributed by atoms with E-state index in [9.17, 15) is 14.4 Å². The fourth-order valence-corrected chi connectivity index (χ4v) is 2.64. The maximum atomic E-state index is 12.1. The Morgan fingerprint density at radius 3 is 2.04 bits per heavy atom. The first-order valence-corrected chi connectivity index (χ1v) is 8.84. The minimum Gasteiger partial charge on any atom is -0.325 e. The lowest BCUT2D eigenvalue weighted by molar-refractivity contribution is -0.119. The van der Waals surface area contributed by atoms with Crippen molar-refractivity contribution in [3.05, 3.63) is 58.1 Å². The van der Waals surface area contributed by atoms with Crippen LogP contribution >= 0.6 is 23.2 Å². The number of nitrogens with zero attached hydrogens (tertiary/aromatic N) is 1. The van der Waals surface area contributed by atoms with Crippen LogP contribution in [0.2, 0.25) is 10.0 Å². The molecule has 27 heavy (non-hydrogen) atoms. The first-order valence-electron chi connectivity index (χ1n) is 8.09. The van der Waals surface area contributed by atoms with E-state index in [1.165, 1.54) is 6.92 Å². The normalized spacial score (nSPS) is 10.6. The number of anilines is 2. The van der Waals surface area contributed by atoms with E-state index in [0.29, 0.717) is 27.0 Å². The van der Waals surface area contributed by atoms with E-state index in [-0.39, 0.29) is 30.7 Å². The number of rotatable bonds is 7. The third-order valence-corrected chi connectivity index (χ3v) is 4.32. The van der Waals surface area contributed by atoms with Gasteiger partial charge in [0.15, 0.2) is 5.78 Å². The zero-order valence-corrected chi connectivity index (χ0v) is 16.4. The molecule has 2 rings (SSSR count). The molecule has 2 aromatic rings. The summed E-state index contributed by atoms with van der Waals surface area (Å²) in [5, 5.41) is 6.14. The van der Waals surface area contributed by atoms with Crippen LogP contribution in [0.25, 0.3) is 0 Å². The van der Waals surface area contributed by atoms with Gasteiger partial charge >= 0.3 is 0 Å². The predicted octanol–water partition coefficient (Wildman–Crippen LogP) is 3.71. The van der Waals surface area contributed by atoms with Gasteiger partial charge in [-0.3, -0.25) is 19.3 Å². The van der Waals surface area contributed by atoms with Crippen molar-refractivity contribution in [2.45, 2.75) is 6.92 Å². The van der Waals surface area contributed by atoms with Gasteiger partial charge in [0.2, 0.25) is 11.8 Å². The standard InChI is InChI=1S/C19H19Cl2N3O3/c1-12(25)13-4-3-5-14(8-13)22-18(26)10-24(2)11-19(27)23-15-6-7-16(20)17(21)9-15/h3-9H,10-11H2,1-2H3,(H,22,26)(H,23,27). The number of Topliss-reactive ketones (excluding diaryl/α,β-unsaturated/α-hetero) is 1. The molecular formula is C19H19Cl2N3O3. The number of likely N-dealkylation sites (N-methyl/N-ethyl adjacent to an activating group) is 1. The number of carbonyl (C=O) groups is 3. The largest absolute Gasteiger partial charge is 0.325 e. The van der Waals surface area contributed by atoms with E-state index >= 15 is 0 Å². The Balaban J connectivity index is 1.85. The van der Waals surface area contributed by atoms with E-state index in [4.69, 9.17) is 23.2 Å². The van der Waals surface area contributed by atoms with Crippen molar-refractivity contribution in [2.24, 2.45) is 0 Å². The second-order valence-corrected chi connectivity index (χ2v) is 6.85. The minimum atomic E-state index is -0.291. The Morgan fingerprint density at radius 1 is 0.889 bits per heavy atom. The van der Waals surface area contributed by atoms with Crippen molar-refractivity contribution in [3.8, 4) is 0 Å². The number of hydrogen-bond acceptors (Lipinski definition) is 4. The molecule has 2 amide bonds. The molecule has 0 fully saturated rings. The average molecular weight is 408 g/mol. The van der Waals surface area contributed by atoms with E-state index in [2.05, 4.69) is 10.6 Å². The van der Waals surface area contributed by atoms with Gasteiger partial charge in [0.05, 0.1) is 23.1 Å². The summed E-state index contributed by atoms with van der Waals surface area (Å²) in [6.45, 7) is 1.49. The molecule has 0 saturated carbocycles. The molecule has 0 saturated heterocycles. The highest BCUT2D eigenvalue weighted by atomic mass is 35.5. The molecular weight excluding hydrogens is 389 g/mol. The van der Waals surface area contributed by atoms with Crippen LogP contribution in [-0.4, -0.2) is 42.6 Å². The van der Waals surface area contributed by atoms with Crippen molar-refractivity contribution in [2.75, 3.05) is 30.8 Å². The summed E-state index contributed by atoms with van der Waals surface area (Å²) in [4.78, 5) is 37.2. The van der Waals surface area contributed by atoms with Crippen LogP contribution in [0.4, 0.5) is 11.4 Å². The maximum Gasteiger partial charge on any atom is 0.238 e. The Morgan fingerprint density at radius 2 is 1.48 bits per heavy atom.